The Labute approximate surface area is 164 Å². The highest BCUT2D eigenvalue weighted by Crippen LogP contribution is 2.44. The zero-order chi connectivity index (χ0) is 20.8. The number of aliphatic carboxylic acids is 1. The van der Waals surface area contributed by atoms with Crippen LogP contribution in [0.3, 0.4) is 0 Å². The van der Waals surface area contributed by atoms with Gasteiger partial charge in [-0.2, -0.15) is 13.2 Å². The Bertz CT molecular complexity index is 913. The van der Waals surface area contributed by atoms with E-state index in [4.69, 9.17) is 4.74 Å². The molecule has 8 heteroatoms. The molecule has 1 N–H and O–H groups in total. The largest absolute Gasteiger partial charge is 0.480 e. The number of benzene rings is 2. The number of carboxylic acid groups (broad SMARTS) is 1. The second kappa shape index (κ2) is 7.09. The number of carbonyl (C=O) groups is 2. The summed E-state index contributed by atoms with van der Waals surface area (Å²) in [6.45, 7) is -0.788. The molecule has 1 fully saturated rings. The molecule has 1 saturated heterocycles. The summed E-state index contributed by atoms with van der Waals surface area (Å²) in [6.07, 6.45) is -6.26. The maximum atomic E-state index is 13.0. The summed E-state index contributed by atoms with van der Waals surface area (Å²) in [5.41, 5.74) is 3.97. The molecule has 0 spiro atoms. The van der Waals surface area contributed by atoms with Crippen LogP contribution in [0.2, 0.25) is 0 Å². The summed E-state index contributed by atoms with van der Waals surface area (Å²) in [5.74, 6) is -3.59. The Hall–Kier alpha value is -3.03. The minimum atomic E-state index is -4.56. The van der Waals surface area contributed by atoms with Crippen molar-refractivity contribution in [2.24, 2.45) is 5.92 Å². The van der Waals surface area contributed by atoms with Gasteiger partial charge in [-0.1, -0.05) is 48.5 Å². The molecule has 2 atom stereocenters. The van der Waals surface area contributed by atoms with E-state index in [0.29, 0.717) is 4.90 Å². The molecular weight excluding hydrogens is 387 g/mol. The molecule has 152 valence electrons. The second-order valence-corrected chi connectivity index (χ2v) is 7.28. The van der Waals surface area contributed by atoms with Gasteiger partial charge in [0.15, 0.2) is 0 Å². The van der Waals surface area contributed by atoms with Crippen molar-refractivity contribution >= 4 is 12.1 Å². The zero-order valence-corrected chi connectivity index (χ0v) is 15.2. The smallest absolute Gasteiger partial charge is 0.410 e. The molecule has 0 saturated carbocycles. The van der Waals surface area contributed by atoms with E-state index in [0.717, 1.165) is 22.3 Å². The molecule has 0 unspecified atom stereocenters. The van der Waals surface area contributed by atoms with Gasteiger partial charge in [-0.25, -0.2) is 9.59 Å². The van der Waals surface area contributed by atoms with E-state index in [1.54, 1.807) is 0 Å². The maximum Gasteiger partial charge on any atom is 0.410 e. The van der Waals surface area contributed by atoms with Crippen LogP contribution in [0.5, 0.6) is 0 Å². The van der Waals surface area contributed by atoms with E-state index >= 15 is 0 Å². The van der Waals surface area contributed by atoms with E-state index in [9.17, 15) is 27.9 Å². The number of nitrogens with zero attached hydrogens (tertiary/aromatic N) is 1. The Morgan fingerprint density at radius 3 is 2.10 bits per heavy atom. The molecule has 2 aromatic rings. The first-order valence-electron chi connectivity index (χ1n) is 9.18. The number of fused-ring (bicyclic) bond motifs is 3. The van der Waals surface area contributed by atoms with Crippen molar-refractivity contribution in [2.45, 2.75) is 24.6 Å². The van der Waals surface area contributed by atoms with E-state index in [1.165, 1.54) is 0 Å². The zero-order valence-electron chi connectivity index (χ0n) is 15.2. The van der Waals surface area contributed by atoms with Crippen LogP contribution in [0.15, 0.2) is 48.5 Å². The van der Waals surface area contributed by atoms with Crippen molar-refractivity contribution in [3.63, 3.8) is 0 Å². The van der Waals surface area contributed by atoms with Crippen LogP contribution in [0, 0.1) is 5.92 Å². The summed E-state index contributed by atoms with van der Waals surface area (Å²) in [5, 5.41) is 9.24. The number of rotatable bonds is 3. The predicted octanol–water partition coefficient (Wildman–Crippen LogP) is 4.27. The van der Waals surface area contributed by atoms with Gasteiger partial charge >= 0.3 is 18.2 Å². The lowest BCUT2D eigenvalue weighted by atomic mass is 9.98. The van der Waals surface area contributed by atoms with Gasteiger partial charge in [-0.3, -0.25) is 4.90 Å². The molecule has 2 aliphatic rings. The van der Waals surface area contributed by atoms with Crippen molar-refractivity contribution in [3.05, 3.63) is 59.7 Å². The Morgan fingerprint density at radius 1 is 1.03 bits per heavy atom. The quantitative estimate of drug-likeness (QED) is 0.828. The molecule has 1 aliphatic carbocycles. The van der Waals surface area contributed by atoms with Crippen molar-refractivity contribution in [2.75, 3.05) is 13.2 Å². The van der Waals surface area contributed by atoms with Crippen LogP contribution in [0.4, 0.5) is 18.0 Å². The molecule has 0 aromatic heterocycles. The van der Waals surface area contributed by atoms with Crippen LogP contribution in [-0.2, 0) is 9.53 Å². The molecule has 29 heavy (non-hydrogen) atoms. The fourth-order valence-corrected chi connectivity index (χ4v) is 4.19. The van der Waals surface area contributed by atoms with E-state index in [1.807, 2.05) is 48.5 Å². The third-order valence-corrected chi connectivity index (χ3v) is 5.62. The van der Waals surface area contributed by atoms with Gasteiger partial charge in [0, 0.05) is 12.5 Å². The lowest BCUT2D eigenvalue weighted by Crippen LogP contribution is -2.41. The van der Waals surface area contributed by atoms with Crippen molar-refractivity contribution in [1.82, 2.24) is 4.90 Å². The lowest BCUT2D eigenvalue weighted by molar-refractivity contribution is -0.170. The van der Waals surface area contributed by atoms with E-state index in [-0.39, 0.29) is 12.5 Å². The summed E-state index contributed by atoms with van der Waals surface area (Å²) in [7, 11) is 0. The van der Waals surface area contributed by atoms with E-state index < -0.39 is 43.2 Å². The monoisotopic (exact) mass is 405 g/mol. The molecule has 5 nitrogen and oxygen atoms in total. The first kappa shape index (κ1) is 19.3. The summed E-state index contributed by atoms with van der Waals surface area (Å²) < 4.78 is 44.4. The lowest BCUT2D eigenvalue weighted by Gasteiger charge is -2.22. The Kier molecular flexibility index (Phi) is 4.72. The van der Waals surface area contributed by atoms with Gasteiger partial charge in [-0.15, -0.1) is 0 Å². The summed E-state index contributed by atoms with van der Waals surface area (Å²) in [6, 6.07) is 13.8. The van der Waals surface area contributed by atoms with Gasteiger partial charge in [0.1, 0.15) is 12.6 Å². The Balaban J connectivity index is 1.52. The molecule has 0 bridgehead atoms. The first-order valence-corrected chi connectivity index (χ1v) is 9.18. The third kappa shape index (κ3) is 3.43. The normalized spacial score (nSPS) is 21.0. The van der Waals surface area contributed by atoms with Gasteiger partial charge in [-0.05, 0) is 28.7 Å². The fraction of sp³-hybridized carbons (Fsp3) is 0.333. The number of halogens is 3. The summed E-state index contributed by atoms with van der Waals surface area (Å²) in [4.78, 5) is 24.5. The fourth-order valence-electron chi connectivity index (χ4n) is 4.19. The standard InChI is InChI=1S/C21H18F3NO4/c22-21(23,24)12-9-18(19(26)27)25(10-12)20(28)29-11-17-15-7-3-1-5-13(15)14-6-2-4-8-16(14)17/h1-8,12,17-18H,9-11H2,(H,26,27)/t12-,18+/m1/s1. The highest BCUT2D eigenvalue weighted by atomic mass is 19.4. The highest BCUT2D eigenvalue weighted by Gasteiger charge is 2.51. The number of amides is 1. The van der Waals surface area contributed by atoms with Gasteiger partial charge in [0.05, 0.1) is 5.92 Å². The minimum absolute atomic E-state index is 0.0770. The average molecular weight is 405 g/mol. The molecule has 1 amide bonds. The van der Waals surface area contributed by atoms with Gasteiger partial charge in [0.25, 0.3) is 0 Å². The number of carbonyl (C=O) groups excluding carboxylic acids is 1. The average Bonchev–Trinajstić information content (AvgIpc) is 3.27. The number of hydrogen-bond donors (Lipinski definition) is 1. The SMILES string of the molecule is O=C(O)[C@@H]1C[C@@H](C(F)(F)F)CN1C(=O)OCC1c2ccccc2-c2ccccc21. The van der Waals surface area contributed by atoms with Crippen LogP contribution in [0.1, 0.15) is 23.5 Å². The molecular formula is C21H18F3NO4. The molecule has 1 heterocycles. The molecule has 1 aliphatic heterocycles. The number of likely N-dealkylation sites (tertiary alicyclic amines) is 1. The van der Waals surface area contributed by atoms with Gasteiger partial charge in [0.2, 0.25) is 0 Å². The van der Waals surface area contributed by atoms with Crippen molar-refractivity contribution < 1.29 is 32.6 Å². The van der Waals surface area contributed by atoms with Crippen molar-refractivity contribution in [3.8, 4) is 11.1 Å². The minimum Gasteiger partial charge on any atom is -0.480 e. The number of alkyl halides is 3. The van der Waals surface area contributed by atoms with Crippen LogP contribution in [-0.4, -0.2) is 47.4 Å². The Morgan fingerprint density at radius 2 is 1.59 bits per heavy atom. The second-order valence-electron chi connectivity index (χ2n) is 7.28. The number of ether oxygens (including phenoxy) is 1. The third-order valence-electron chi connectivity index (χ3n) is 5.62. The van der Waals surface area contributed by atoms with Crippen LogP contribution in [0.25, 0.3) is 11.1 Å². The van der Waals surface area contributed by atoms with E-state index in [2.05, 4.69) is 0 Å². The van der Waals surface area contributed by atoms with Crippen molar-refractivity contribution in [1.29, 1.82) is 0 Å². The number of hydrogen-bond acceptors (Lipinski definition) is 3. The molecule has 2 aromatic carbocycles. The first-order chi connectivity index (χ1) is 13.8. The topological polar surface area (TPSA) is 66.8 Å². The number of carboxylic acids is 1. The van der Waals surface area contributed by atoms with Crippen LogP contribution < -0.4 is 0 Å². The maximum absolute atomic E-state index is 13.0. The summed E-state index contributed by atoms with van der Waals surface area (Å²) >= 11 is 0. The van der Waals surface area contributed by atoms with Crippen LogP contribution >= 0.6 is 0 Å². The molecule has 0 radical (unpaired) electrons. The predicted molar refractivity (Wildman–Crippen MR) is 97.4 cm³/mol. The highest BCUT2D eigenvalue weighted by molar-refractivity contribution is 5.81. The molecule has 4 rings (SSSR count). The van der Waals surface area contributed by atoms with Gasteiger partial charge < -0.3 is 9.84 Å².